The van der Waals surface area contributed by atoms with Crippen LogP contribution in [-0.2, 0) is 0 Å². The first-order chi connectivity index (χ1) is 14.5. The largest absolute Gasteiger partial charge is 0.365 e. The SMILES string of the molecule is NC(=O)c1cc(F)c(N[C@@H]2CCCC[C@@H]2N)nc1Nc1cccc(-c2nccs2)c1. The first-order valence-corrected chi connectivity index (χ1v) is 10.7. The summed E-state index contributed by atoms with van der Waals surface area (Å²) >= 11 is 1.52. The molecule has 0 saturated heterocycles. The number of pyridine rings is 1. The van der Waals surface area contributed by atoms with Crippen LogP contribution in [0.3, 0.4) is 0 Å². The van der Waals surface area contributed by atoms with Gasteiger partial charge in [-0.3, -0.25) is 4.79 Å². The number of aromatic nitrogens is 2. The normalized spacial score (nSPS) is 18.7. The van der Waals surface area contributed by atoms with Crippen LogP contribution >= 0.6 is 11.3 Å². The molecule has 4 rings (SSSR count). The van der Waals surface area contributed by atoms with Crippen molar-refractivity contribution in [1.29, 1.82) is 0 Å². The van der Waals surface area contributed by atoms with Gasteiger partial charge in [0.2, 0.25) is 0 Å². The van der Waals surface area contributed by atoms with Gasteiger partial charge in [-0.1, -0.05) is 25.0 Å². The fraction of sp³-hybridized carbons (Fsp3) is 0.286. The van der Waals surface area contributed by atoms with E-state index in [1.807, 2.05) is 29.6 Å². The van der Waals surface area contributed by atoms with Gasteiger partial charge < -0.3 is 22.1 Å². The standard InChI is InChI=1S/C21H23FN6OS/c22-15-11-14(18(24)29)19(28-20(15)27-17-7-2-1-6-16(17)23)26-13-5-3-4-12(10-13)21-25-8-9-30-21/h3-5,8-11,16-17H,1-2,6-7,23H2,(H2,24,29)(H2,26,27,28)/t16-,17+/m0/s1. The van der Waals surface area contributed by atoms with Crippen LogP contribution in [0, 0.1) is 5.82 Å². The molecule has 0 radical (unpaired) electrons. The Labute approximate surface area is 177 Å². The topological polar surface area (TPSA) is 119 Å². The molecule has 156 valence electrons. The van der Waals surface area contributed by atoms with E-state index < -0.39 is 11.7 Å². The average Bonchev–Trinajstić information content (AvgIpc) is 3.27. The van der Waals surface area contributed by atoms with E-state index in [9.17, 15) is 9.18 Å². The van der Waals surface area contributed by atoms with Crippen molar-refractivity contribution in [1.82, 2.24) is 9.97 Å². The number of carbonyl (C=O) groups excluding carboxylic acids is 1. The molecule has 2 atom stereocenters. The summed E-state index contributed by atoms with van der Waals surface area (Å²) in [5.41, 5.74) is 13.2. The second kappa shape index (κ2) is 8.76. The molecule has 1 amide bonds. The molecule has 1 aliphatic rings. The fourth-order valence-electron chi connectivity index (χ4n) is 3.62. The minimum Gasteiger partial charge on any atom is -0.365 e. The van der Waals surface area contributed by atoms with Crippen LogP contribution in [0.15, 0.2) is 41.9 Å². The summed E-state index contributed by atoms with van der Waals surface area (Å²) in [5.74, 6) is -1.16. The van der Waals surface area contributed by atoms with Gasteiger partial charge >= 0.3 is 0 Å². The Balaban J connectivity index is 1.64. The van der Waals surface area contributed by atoms with Gasteiger partial charge in [0.1, 0.15) is 10.8 Å². The molecule has 0 spiro atoms. The number of carbonyl (C=O) groups is 1. The zero-order valence-electron chi connectivity index (χ0n) is 16.3. The van der Waals surface area contributed by atoms with Gasteiger partial charge in [0.25, 0.3) is 5.91 Å². The number of primary amides is 1. The maximum absolute atomic E-state index is 14.7. The zero-order valence-corrected chi connectivity index (χ0v) is 17.1. The number of hydrogen-bond acceptors (Lipinski definition) is 7. The Kier molecular flexibility index (Phi) is 5.91. The molecule has 1 saturated carbocycles. The second-order valence-corrected chi connectivity index (χ2v) is 8.22. The van der Waals surface area contributed by atoms with E-state index in [2.05, 4.69) is 20.6 Å². The molecule has 30 heavy (non-hydrogen) atoms. The molecule has 2 aromatic heterocycles. The number of nitrogens with two attached hydrogens (primary N) is 2. The van der Waals surface area contributed by atoms with Crippen LogP contribution < -0.4 is 22.1 Å². The van der Waals surface area contributed by atoms with Crippen molar-refractivity contribution in [3.63, 3.8) is 0 Å². The van der Waals surface area contributed by atoms with Crippen molar-refractivity contribution in [2.24, 2.45) is 11.5 Å². The van der Waals surface area contributed by atoms with Crippen molar-refractivity contribution in [2.75, 3.05) is 10.6 Å². The van der Waals surface area contributed by atoms with E-state index >= 15 is 0 Å². The lowest BCUT2D eigenvalue weighted by molar-refractivity contribution is 0.100. The number of thiazole rings is 1. The number of hydrogen-bond donors (Lipinski definition) is 4. The van der Waals surface area contributed by atoms with Gasteiger partial charge in [0, 0.05) is 34.9 Å². The van der Waals surface area contributed by atoms with Crippen molar-refractivity contribution in [3.05, 3.63) is 53.3 Å². The predicted octanol–water partition coefficient (Wildman–Crippen LogP) is 3.87. The molecular weight excluding hydrogens is 403 g/mol. The lowest BCUT2D eigenvalue weighted by Gasteiger charge is -2.30. The highest BCUT2D eigenvalue weighted by molar-refractivity contribution is 7.13. The second-order valence-electron chi connectivity index (χ2n) is 7.32. The molecule has 0 unspecified atom stereocenters. The Morgan fingerprint density at radius 2 is 2.03 bits per heavy atom. The third kappa shape index (κ3) is 4.42. The summed E-state index contributed by atoms with van der Waals surface area (Å²) in [6.07, 6.45) is 5.56. The van der Waals surface area contributed by atoms with Gasteiger partial charge in [-0.05, 0) is 31.0 Å². The van der Waals surface area contributed by atoms with Crippen LogP contribution in [0.2, 0.25) is 0 Å². The van der Waals surface area contributed by atoms with Crippen LogP contribution in [0.1, 0.15) is 36.0 Å². The first-order valence-electron chi connectivity index (χ1n) is 9.80. The van der Waals surface area contributed by atoms with Gasteiger partial charge in [0.15, 0.2) is 11.6 Å². The van der Waals surface area contributed by atoms with Crippen LogP contribution in [0.4, 0.5) is 21.7 Å². The number of amides is 1. The minimum absolute atomic E-state index is 0.0226. The first kappa shape index (κ1) is 20.2. The number of anilines is 3. The zero-order chi connectivity index (χ0) is 21.1. The van der Waals surface area contributed by atoms with Gasteiger partial charge in [-0.25, -0.2) is 14.4 Å². The minimum atomic E-state index is -0.763. The van der Waals surface area contributed by atoms with Crippen LogP contribution in [-0.4, -0.2) is 28.0 Å². The van der Waals surface area contributed by atoms with E-state index in [1.54, 1.807) is 6.20 Å². The highest BCUT2D eigenvalue weighted by Gasteiger charge is 2.24. The van der Waals surface area contributed by atoms with Crippen molar-refractivity contribution in [2.45, 2.75) is 37.8 Å². The summed E-state index contributed by atoms with van der Waals surface area (Å²) < 4.78 is 14.7. The maximum atomic E-state index is 14.7. The Morgan fingerprint density at radius 1 is 1.20 bits per heavy atom. The summed E-state index contributed by atoms with van der Waals surface area (Å²) in [7, 11) is 0. The lowest BCUT2D eigenvalue weighted by atomic mass is 9.91. The number of benzene rings is 1. The monoisotopic (exact) mass is 426 g/mol. The Hall–Kier alpha value is -3.04. The average molecular weight is 427 g/mol. The summed E-state index contributed by atoms with van der Waals surface area (Å²) in [5, 5.41) is 8.98. The van der Waals surface area contributed by atoms with Crippen LogP contribution in [0.5, 0.6) is 0 Å². The van der Waals surface area contributed by atoms with Gasteiger partial charge in [-0.2, -0.15) is 0 Å². The molecule has 7 nitrogen and oxygen atoms in total. The maximum Gasteiger partial charge on any atom is 0.252 e. The van der Waals surface area contributed by atoms with E-state index in [4.69, 9.17) is 11.5 Å². The van der Waals surface area contributed by atoms with Crippen molar-refractivity contribution in [3.8, 4) is 10.6 Å². The third-order valence-electron chi connectivity index (χ3n) is 5.19. The van der Waals surface area contributed by atoms with E-state index in [1.165, 1.54) is 11.3 Å². The third-order valence-corrected chi connectivity index (χ3v) is 6.01. The Morgan fingerprint density at radius 3 is 2.77 bits per heavy atom. The Bertz CT molecular complexity index is 1040. The number of nitrogens with zero attached hydrogens (tertiary/aromatic N) is 2. The molecule has 2 heterocycles. The van der Waals surface area contributed by atoms with Gasteiger partial charge in [0.05, 0.1) is 5.56 Å². The molecule has 1 aliphatic carbocycles. The lowest BCUT2D eigenvalue weighted by Crippen LogP contribution is -2.43. The molecule has 1 aromatic carbocycles. The summed E-state index contributed by atoms with van der Waals surface area (Å²) in [6.45, 7) is 0. The van der Waals surface area contributed by atoms with E-state index in [0.717, 1.165) is 42.3 Å². The summed E-state index contributed by atoms with van der Waals surface area (Å²) in [4.78, 5) is 20.5. The molecule has 3 aromatic rings. The number of halogens is 1. The van der Waals surface area contributed by atoms with Crippen molar-refractivity contribution < 1.29 is 9.18 Å². The molecule has 9 heteroatoms. The molecule has 1 fully saturated rings. The molecule has 0 aliphatic heterocycles. The highest BCUT2D eigenvalue weighted by Crippen LogP contribution is 2.29. The molecule has 6 N–H and O–H groups in total. The molecular formula is C21H23FN6OS. The predicted molar refractivity (Wildman–Crippen MR) is 117 cm³/mol. The fourth-order valence-corrected chi connectivity index (χ4v) is 4.26. The number of nitrogens with one attached hydrogen (secondary N) is 2. The smallest absolute Gasteiger partial charge is 0.252 e. The molecule has 0 bridgehead atoms. The van der Waals surface area contributed by atoms with Crippen LogP contribution in [0.25, 0.3) is 10.6 Å². The van der Waals surface area contributed by atoms with Gasteiger partial charge in [-0.15, -0.1) is 11.3 Å². The highest BCUT2D eigenvalue weighted by atomic mass is 32.1. The van der Waals surface area contributed by atoms with E-state index in [0.29, 0.717) is 5.69 Å². The summed E-state index contributed by atoms with van der Waals surface area (Å²) in [6, 6.07) is 8.50. The number of rotatable bonds is 6. The van der Waals surface area contributed by atoms with Crippen molar-refractivity contribution >= 4 is 34.6 Å². The quantitative estimate of drug-likeness (QED) is 0.475. The van der Waals surface area contributed by atoms with E-state index in [-0.39, 0.29) is 29.3 Å².